The van der Waals surface area contributed by atoms with Crippen molar-refractivity contribution in [2.24, 2.45) is 4.99 Å². The van der Waals surface area contributed by atoms with E-state index in [0.29, 0.717) is 0 Å². The van der Waals surface area contributed by atoms with Gasteiger partial charge in [-0.25, -0.2) is 0 Å². The van der Waals surface area contributed by atoms with Crippen LogP contribution in [0.5, 0.6) is 0 Å². The van der Waals surface area contributed by atoms with Gasteiger partial charge < -0.3 is 10.2 Å². The average Bonchev–Trinajstić information content (AvgIpc) is 2.68. The highest BCUT2D eigenvalue weighted by Crippen LogP contribution is 2.09. The van der Waals surface area contributed by atoms with Crippen LogP contribution in [0.2, 0.25) is 5.02 Å². The van der Waals surface area contributed by atoms with Crippen molar-refractivity contribution >= 4 is 41.5 Å². The van der Waals surface area contributed by atoms with E-state index in [4.69, 9.17) is 11.6 Å². The Hall–Kier alpha value is -0.490. The molecule has 0 aromatic heterocycles. The van der Waals surface area contributed by atoms with E-state index in [2.05, 4.69) is 34.4 Å². The van der Waals surface area contributed by atoms with Gasteiger partial charge in [-0.2, -0.15) is 0 Å². The van der Waals surface area contributed by atoms with Gasteiger partial charge in [0.15, 0.2) is 5.96 Å². The third kappa shape index (κ3) is 4.35. The second-order valence-corrected chi connectivity index (χ2v) is 4.37. The first-order valence-corrected chi connectivity index (χ1v) is 5.87. The van der Waals surface area contributed by atoms with Crippen molar-refractivity contribution in [3.05, 3.63) is 34.9 Å². The first-order valence-electron chi connectivity index (χ1n) is 5.49. The van der Waals surface area contributed by atoms with Crippen LogP contribution < -0.4 is 5.32 Å². The minimum Gasteiger partial charge on any atom is -0.356 e. The van der Waals surface area contributed by atoms with Crippen molar-refractivity contribution in [2.45, 2.75) is 6.42 Å². The van der Waals surface area contributed by atoms with Gasteiger partial charge in [-0.05, 0) is 24.1 Å². The number of halogens is 2. The van der Waals surface area contributed by atoms with Crippen LogP contribution in [0.3, 0.4) is 0 Å². The lowest BCUT2D eigenvalue weighted by atomic mass is 10.1. The minimum absolute atomic E-state index is 0. The van der Waals surface area contributed by atoms with Crippen LogP contribution in [0.25, 0.3) is 0 Å². The largest absolute Gasteiger partial charge is 0.356 e. The summed E-state index contributed by atoms with van der Waals surface area (Å²) in [5, 5.41) is 4.13. The number of guanidine groups is 1. The minimum atomic E-state index is 0. The molecule has 0 atom stereocenters. The zero-order valence-corrected chi connectivity index (χ0v) is 12.9. The van der Waals surface area contributed by atoms with Crippen LogP contribution in [0, 0.1) is 0 Å². The molecule has 1 aliphatic heterocycles. The number of aliphatic imine (C=N–C) groups is 1. The first-order chi connectivity index (χ1) is 7.75. The van der Waals surface area contributed by atoms with Gasteiger partial charge in [0.1, 0.15) is 0 Å². The van der Waals surface area contributed by atoms with E-state index in [-0.39, 0.29) is 24.0 Å². The van der Waals surface area contributed by atoms with Crippen LogP contribution in [-0.4, -0.2) is 37.5 Å². The monoisotopic (exact) mass is 365 g/mol. The number of hydrogen-bond acceptors (Lipinski definition) is 3. The lowest BCUT2D eigenvalue weighted by Crippen LogP contribution is -2.36. The van der Waals surface area contributed by atoms with Gasteiger partial charge in [0.2, 0.25) is 0 Å². The van der Waals surface area contributed by atoms with Gasteiger partial charge in [0.25, 0.3) is 0 Å². The third-order valence-electron chi connectivity index (χ3n) is 2.67. The Labute approximate surface area is 124 Å². The maximum Gasteiger partial charge on any atom is 0.193 e. The van der Waals surface area contributed by atoms with Gasteiger partial charge in [0.05, 0.1) is 6.54 Å². The summed E-state index contributed by atoms with van der Waals surface area (Å²) in [5.41, 5.74) is 1.29. The van der Waals surface area contributed by atoms with E-state index in [1.165, 1.54) is 5.56 Å². The molecule has 3 nitrogen and oxygen atoms in total. The predicted molar refractivity (Wildman–Crippen MR) is 83.5 cm³/mol. The van der Waals surface area contributed by atoms with E-state index in [1.54, 1.807) is 0 Å². The smallest absolute Gasteiger partial charge is 0.193 e. The maximum absolute atomic E-state index is 5.83. The SMILES string of the molecule is CN1CCN=C1NCCc1ccc(Cl)cc1.I. The molecule has 0 unspecified atom stereocenters. The van der Waals surface area contributed by atoms with Crippen LogP contribution in [0.15, 0.2) is 29.3 Å². The molecule has 94 valence electrons. The summed E-state index contributed by atoms with van der Waals surface area (Å²) in [4.78, 5) is 6.51. The van der Waals surface area contributed by atoms with Gasteiger partial charge in [-0.15, -0.1) is 24.0 Å². The zero-order chi connectivity index (χ0) is 11.4. The Bertz CT molecular complexity index is 378. The van der Waals surface area contributed by atoms with Crippen LogP contribution >= 0.6 is 35.6 Å². The topological polar surface area (TPSA) is 27.6 Å². The lowest BCUT2D eigenvalue weighted by molar-refractivity contribution is 0.534. The van der Waals surface area contributed by atoms with Crippen molar-refractivity contribution < 1.29 is 0 Å². The Balaban J connectivity index is 0.00000144. The quantitative estimate of drug-likeness (QED) is 0.833. The Kier molecular flexibility index (Phi) is 6.05. The number of benzene rings is 1. The number of likely N-dealkylation sites (N-methyl/N-ethyl adjacent to an activating group) is 1. The standard InChI is InChI=1S/C12H16ClN3.HI/c1-16-9-8-15-12(16)14-7-6-10-2-4-11(13)5-3-10;/h2-5H,6-9H2,1H3,(H,14,15);1H. The second kappa shape index (κ2) is 7.06. The van der Waals surface area contributed by atoms with Crippen LogP contribution in [0.1, 0.15) is 5.56 Å². The van der Waals surface area contributed by atoms with Crippen molar-refractivity contribution in [1.82, 2.24) is 10.2 Å². The summed E-state index contributed by atoms with van der Waals surface area (Å²) >= 11 is 5.83. The molecule has 0 radical (unpaired) electrons. The molecule has 1 aromatic rings. The van der Waals surface area contributed by atoms with Crippen LogP contribution in [0.4, 0.5) is 0 Å². The Morgan fingerprint density at radius 2 is 2.06 bits per heavy atom. The van der Waals surface area contributed by atoms with Gasteiger partial charge in [-0.1, -0.05) is 23.7 Å². The fraction of sp³-hybridized carbons (Fsp3) is 0.417. The van der Waals surface area contributed by atoms with E-state index in [0.717, 1.165) is 37.0 Å². The molecule has 0 aliphatic carbocycles. The predicted octanol–water partition coefficient (Wildman–Crippen LogP) is 2.39. The van der Waals surface area contributed by atoms with Crippen molar-refractivity contribution in [2.75, 3.05) is 26.7 Å². The molecule has 5 heteroatoms. The molecule has 17 heavy (non-hydrogen) atoms. The van der Waals surface area contributed by atoms with E-state index in [1.807, 2.05) is 12.1 Å². The highest BCUT2D eigenvalue weighted by atomic mass is 127. The summed E-state index contributed by atoms with van der Waals surface area (Å²) < 4.78 is 0. The normalized spacial score (nSPS) is 14.2. The fourth-order valence-electron chi connectivity index (χ4n) is 1.69. The third-order valence-corrected chi connectivity index (χ3v) is 2.92. The summed E-state index contributed by atoms with van der Waals surface area (Å²) in [6.45, 7) is 2.83. The first kappa shape index (κ1) is 14.6. The number of nitrogens with one attached hydrogen (secondary N) is 1. The average molecular weight is 366 g/mol. The van der Waals surface area contributed by atoms with E-state index >= 15 is 0 Å². The number of nitrogens with zero attached hydrogens (tertiary/aromatic N) is 2. The molecule has 1 aliphatic rings. The van der Waals surface area contributed by atoms with Gasteiger partial charge in [0, 0.05) is 25.2 Å². The summed E-state index contributed by atoms with van der Waals surface area (Å²) in [7, 11) is 2.06. The fourth-order valence-corrected chi connectivity index (χ4v) is 1.82. The molecular weight excluding hydrogens is 349 g/mol. The van der Waals surface area contributed by atoms with Crippen LogP contribution in [-0.2, 0) is 6.42 Å². The van der Waals surface area contributed by atoms with E-state index < -0.39 is 0 Å². The van der Waals surface area contributed by atoms with Crippen molar-refractivity contribution in [3.8, 4) is 0 Å². The summed E-state index contributed by atoms with van der Waals surface area (Å²) in [6.07, 6.45) is 0.990. The molecule has 0 saturated heterocycles. The molecule has 1 N–H and O–H groups in total. The number of rotatable bonds is 3. The summed E-state index contributed by atoms with van der Waals surface area (Å²) in [6, 6.07) is 7.97. The summed E-state index contributed by atoms with van der Waals surface area (Å²) in [5.74, 6) is 1.01. The lowest BCUT2D eigenvalue weighted by Gasteiger charge is -2.15. The molecular formula is C12H17ClIN3. The molecule has 0 bridgehead atoms. The molecule has 1 heterocycles. The molecule has 0 saturated carbocycles. The van der Waals surface area contributed by atoms with Crippen molar-refractivity contribution in [1.29, 1.82) is 0 Å². The number of hydrogen-bond donors (Lipinski definition) is 1. The molecule has 0 amide bonds. The zero-order valence-electron chi connectivity index (χ0n) is 9.82. The Morgan fingerprint density at radius 1 is 1.35 bits per heavy atom. The van der Waals surface area contributed by atoms with Crippen molar-refractivity contribution in [3.63, 3.8) is 0 Å². The molecule has 0 spiro atoms. The van der Waals surface area contributed by atoms with E-state index in [9.17, 15) is 0 Å². The maximum atomic E-state index is 5.83. The molecule has 1 aromatic carbocycles. The highest BCUT2D eigenvalue weighted by molar-refractivity contribution is 14.0. The molecule has 2 rings (SSSR count). The second-order valence-electron chi connectivity index (χ2n) is 3.93. The molecule has 0 fully saturated rings. The van der Waals surface area contributed by atoms with Gasteiger partial charge in [-0.3, -0.25) is 4.99 Å². The highest BCUT2D eigenvalue weighted by Gasteiger charge is 2.10. The Morgan fingerprint density at radius 3 is 2.65 bits per heavy atom. The van der Waals surface area contributed by atoms with Gasteiger partial charge >= 0.3 is 0 Å².